The second-order valence-corrected chi connectivity index (χ2v) is 9.57. The number of aromatic nitrogens is 1. The van der Waals surface area contributed by atoms with Gasteiger partial charge in [-0.1, -0.05) is 30.3 Å². The fourth-order valence-corrected chi connectivity index (χ4v) is 5.42. The molecule has 5 rings (SSSR count). The Labute approximate surface area is 217 Å². The van der Waals surface area contributed by atoms with Crippen LogP contribution in [0.5, 0.6) is 0 Å². The number of non-ortho nitro benzene ring substituents is 1. The van der Waals surface area contributed by atoms with E-state index in [1.165, 1.54) is 36.0 Å². The van der Waals surface area contributed by atoms with Crippen molar-refractivity contribution < 1.29 is 14.1 Å². The van der Waals surface area contributed by atoms with E-state index in [2.05, 4.69) is 9.56 Å². The van der Waals surface area contributed by atoms with Gasteiger partial charge in [-0.05, 0) is 67.6 Å². The summed E-state index contributed by atoms with van der Waals surface area (Å²) in [5, 5.41) is 12.6. The lowest BCUT2D eigenvalue weighted by Crippen LogP contribution is -2.28. The molecule has 9 heteroatoms. The van der Waals surface area contributed by atoms with Crippen molar-refractivity contribution in [3.63, 3.8) is 0 Å². The van der Waals surface area contributed by atoms with E-state index in [0.29, 0.717) is 28.8 Å². The number of amidine groups is 1. The molecule has 0 unspecified atom stereocenters. The van der Waals surface area contributed by atoms with Gasteiger partial charge in [0.15, 0.2) is 5.17 Å². The molecule has 0 spiro atoms. The smallest absolute Gasteiger partial charge is 0.269 e. The van der Waals surface area contributed by atoms with E-state index in [-0.39, 0.29) is 17.4 Å². The van der Waals surface area contributed by atoms with E-state index >= 15 is 0 Å². The van der Waals surface area contributed by atoms with Gasteiger partial charge in [0.25, 0.3) is 11.6 Å². The molecular weight excluding hydrogens is 491 g/mol. The summed E-state index contributed by atoms with van der Waals surface area (Å²) >= 11 is 1.30. The number of likely N-dealkylation sites (N-methyl/N-ethyl adjacent to an activating group) is 1. The Balaban J connectivity index is 1.53. The lowest BCUT2D eigenvalue weighted by molar-refractivity contribution is -0.384. The molecule has 0 N–H and O–H groups in total. The third-order valence-electron chi connectivity index (χ3n) is 6.30. The molecule has 7 nitrogen and oxygen atoms in total. The van der Waals surface area contributed by atoms with Gasteiger partial charge in [-0.2, -0.15) is 0 Å². The first-order valence-corrected chi connectivity index (χ1v) is 12.5. The highest BCUT2D eigenvalue weighted by atomic mass is 32.2. The maximum Gasteiger partial charge on any atom is 0.269 e. The van der Waals surface area contributed by atoms with Gasteiger partial charge in [0.2, 0.25) is 0 Å². The largest absolute Gasteiger partial charge is 0.340 e. The number of carbonyl (C=O) groups excluding carboxylic acids is 1. The van der Waals surface area contributed by atoms with E-state index in [4.69, 9.17) is 0 Å². The van der Waals surface area contributed by atoms with Crippen molar-refractivity contribution in [3.05, 3.63) is 110 Å². The van der Waals surface area contributed by atoms with Crippen molar-refractivity contribution in [3.8, 4) is 0 Å². The predicted octanol–water partition coefficient (Wildman–Crippen LogP) is 6.67. The topological polar surface area (TPSA) is 80.7 Å². The number of benzene rings is 3. The fourth-order valence-electron chi connectivity index (χ4n) is 4.38. The zero-order valence-corrected chi connectivity index (χ0v) is 21.0. The minimum Gasteiger partial charge on any atom is -0.340 e. The normalized spacial score (nSPS) is 15.9. The molecule has 2 heterocycles. The molecule has 3 aromatic carbocycles. The number of nitro groups is 1. The van der Waals surface area contributed by atoms with Crippen molar-refractivity contribution in [2.45, 2.75) is 20.4 Å². The third-order valence-corrected chi connectivity index (χ3v) is 7.31. The van der Waals surface area contributed by atoms with E-state index in [1.807, 2.05) is 44.2 Å². The van der Waals surface area contributed by atoms with Crippen LogP contribution in [0.15, 0.2) is 82.7 Å². The highest BCUT2D eigenvalue weighted by Gasteiger charge is 2.32. The highest BCUT2D eigenvalue weighted by molar-refractivity contribution is 8.18. The van der Waals surface area contributed by atoms with Crippen LogP contribution in [0, 0.1) is 22.9 Å². The summed E-state index contributed by atoms with van der Waals surface area (Å²) in [6, 6.07) is 20.4. The Morgan fingerprint density at radius 3 is 2.43 bits per heavy atom. The molecular formula is C28H23FN4O3S. The quantitative estimate of drug-likeness (QED) is 0.164. The number of carbonyl (C=O) groups is 1. The number of halogens is 1. The second-order valence-electron chi connectivity index (χ2n) is 8.56. The Bertz CT molecular complexity index is 1570. The zero-order valence-electron chi connectivity index (χ0n) is 20.2. The molecule has 0 atom stereocenters. The average Bonchev–Trinajstić information content (AvgIpc) is 3.34. The van der Waals surface area contributed by atoms with Crippen LogP contribution < -0.4 is 0 Å². The third kappa shape index (κ3) is 4.77. The predicted molar refractivity (Wildman–Crippen MR) is 145 cm³/mol. The van der Waals surface area contributed by atoms with Gasteiger partial charge >= 0.3 is 0 Å². The zero-order chi connectivity index (χ0) is 26.1. The van der Waals surface area contributed by atoms with Crippen LogP contribution in [0.4, 0.5) is 15.8 Å². The number of rotatable bonds is 6. The van der Waals surface area contributed by atoms with E-state index in [0.717, 1.165) is 27.7 Å². The molecule has 0 saturated carbocycles. The van der Waals surface area contributed by atoms with Crippen molar-refractivity contribution in [1.82, 2.24) is 9.47 Å². The van der Waals surface area contributed by atoms with E-state index in [1.54, 1.807) is 29.2 Å². The maximum absolute atomic E-state index is 13.3. The number of hydrogen-bond acceptors (Lipinski definition) is 5. The molecule has 37 heavy (non-hydrogen) atoms. The Kier molecular flexibility index (Phi) is 6.62. The van der Waals surface area contributed by atoms with Crippen LogP contribution in [0.25, 0.3) is 17.0 Å². The van der Waals surface area contributed by atoms with Crippen LogP contribution in [0.2, 0.25) is 0 Å². The minimum absolute atomic E-state index is 0.0543. The standard InChI is InChI=1S/C28H23FN4O3S/c1-3-31-27(34)26(37-28(31)30-21-12-10-20(29)11-13-21)16-24-18(2)32(25-7-5-4-6-23(24)25)17-19-8-14-22(15-9-19)33(35)36/h4-16H,3,17H2,1-2H3/b26-16+,30-28?. The van der Waals surface area contributed by atoms with Crippen molar-refractivity contribution in [2.75, 3.05) is 6.54 Å². The molecule has 186 valence electrons. The number of fused-ring (bicyclic) bond motifs is 1. The summed E-state index contributed by atoms with van der Waals surface area (Å²) in [6.07, 6.45) is 1.91. The Hall–Kier alpha value is -4.24. The van der Waals surface area contributed by atoms with E-state index < -0.39 is 4.92 Å². The van der Waals surface area contributed by atoms with Gasteiger partial charge in [-0.3, -0.25) is 19.8 Å². The Morgan fingerprint density at radius 1 is 1.05 bits per heavy atom. The van der Waals surface area contributed by atoms with Gasteiger partial charge in [0.05, 0.1) is 15.5 Å². The first kappa shape index (κ1) is 24.5. The molecule has 1 fully saturated rings. The summed E-state index contributed by atoms with van der Waals surface area (Å²) in [4.78, 5) is 30.6. The van der Waals surface area contributed by atoms with Gasteiger partial charge in [-0.25, -0.2) is 9.38 Å². The maximum atomic E-state index is 13.3. The van der Waals surface area contributed by atoms with Crippen molar-refractivity contribution >= 4 is 51.2 Å². The summed E-state index contributed by atoms with van der Waals surface area (Å²) < 4.78 is 15.5. The molecule has 0 bridgehead atoms. The summed E-state index contributed by atoms with van der Waals surface area (Å²) in [5.41, 5.74) is 4.49. The number of aliphatic imine (C=N–C) groups is 1. The monoisotopic (exact) mass is 514 g/mol. The van der Waals surface area contributed by atoms with Crippen molar-refractivity contribution in [1.29, 1.82) is 0 Å². The second kappa shape index (κ2) is 10.0. The molecule has 0 radical (unpaired) electrons. The lowest BCUT2D eigenvalue weighted by Gasteiger charge is -2.11. The van der Waals surface area contributed by atoms with Crippen molar-refractivity contribution in [2.24, 2.45) is 4.99 Å². The van der Waals surface area contributed by atoms with Crippen LogP contribution in [0.3, 0.4) is 0 Å². The fraction of sp³-hybridized carbons (Fsp3) is 0.143. The van der Waals surface area contributed by atoms with E-state index in [9.17, 15) is 19.3 Å². The molecule has 1 amide bonds. The SMILES string of the molecule is CCN1C(=O)/C(=C\c2c(C)n(Cc3ccc([N+](=O)[O-])cc3)c3ccccc23)SC1=Nc1ccc(F)cc1. The molecule has 1 aromatic heterocycles. The lowest BCUT2D eigenvalue weighted by atomic mass is 10.1. The molecule has 1 saturated heterocycles. The number of nitrogens with zero attached hydrogens (tertiary/aromatic N) is 4. The first-order chi connectivity index (χ1) is 17.9. The highest BCUT2D eigenvalue weighted by Crippen LogP contribution is 2.37. The average molecular weight is 515 g/mol. The van der Waals surface area contributed by atoms with Gasteiger partial charge in [0.1, 0.15) is 5.82 Å². The molecule has 4 aromatic rings. The number of amides is 1. The molecule has 0 aliphatic carbocycles. The molecule has 1 aliphatic heterocycles. The molecule has 1 aliphatic rings. The van der Waals surface area contributed by atoms with Gasteiger partial charge < -0.3 is 4.57 Å². The number of para-hydroxylation sites is 1. The summed E-state index contributed by atoms with van der Waals surface area (Å²) in [7, 11) is 0. The number of nitro benzene ring substituents is 1. The summed E-state index contributed by atoms with van der Waals surface area (Å²) in [5.74, 6) is -0.465. The van der Waals surface area contributed by atoms with Crippen LogP contribution in [0.1, 0.15) is 23.7 Å². The summed E-state index contributed by atoms with van der Waals surface area (Å²) in [6.45, 7) is 4.90. The number of thioether (sulfide) groups is 1. The number of hydrogen-bond donors (Lipinski definition) is 0. The minimum atomic E-state index is -0.409. The van der Waals surface area contributed by atoms with Gasteiger partial charge in [0, 0.05) is 47.4 Å². The van der Waals surface area contributed by atoms with Crippen LogP contribution >= 0.6 is 11.8 Å². The Morgan fingerprint density at radius 2 is 1.76 bits per heavy atom. The van der Waals surface area contributed by atoms with Crippen LogP contribution in [-0.2, 0) is 11.3 Å². The van der Waals surface area contributed by atoms with Gasteiger partial charge in [-0.15, -0.1) is 0 Å². The first-order valence-electron chi connectivity index (χ1n) is 11.7. The van der Waals surface area contributed by atoms with Crippen LogP contribution in [-0.4, -0.2) is 32.0 Å².